The molecule has 0 radical (unpaired) electrons. The summed E-state index contributed by atoms with van der Waals surface area (Å²) >= 11 is 6.33. The molecule has 3 aromatic rings. The van der Waals surface area contributed by atoms with Crippen LogP contribution in [0.4, 0.5) is 5.95 Å². The van der Waals surface area contributed by atoms with Crippen LogP contribution in [0, 0.1) is 6.92 Å². The van der Waals surface area contributed by atoms with Crippen LogP contribution < -0.4 is 10.5 Å². The van der Waals surface area contributed by atoms with Gasteiger partial charge in [0.2, 0.25) is 5.95 Å². The Morgan fingerprint density at radius 3 is 2.86 bits per heavy atom. The maximum Gasteiger partial charge on any atom is 0.206 e. The van der Waals surface area contributed by atoms with Crippen molar-refractivity contribution in [3.63, 3.8) is 0 Å². The largest absolute Gasteiger partial charge is 0.492 e. The SMILES string of the molecule is CCOc1cccc2c1nc(N)n2-c1cc(C)ccc1Cl. The van der Waals surface area contributed by atoms with E-state index in [0.29, 0.717) is 17.6 Å². The summed E-state index contributed by atoms with van der Waals surface area (Å²) in [4.78, 5) is 4.44. The van der Waals surface area contributed by atoms with Gasteiger partial charge >= 0.3 is 0 Å². The molecule has 1 heterocycles. The highest BCUT2D eigenvalue weighted by Crippen LogP contribution is 2.32. The normalized spacial score (nSPS) is 11.0. The van der Waals surface area contributed by atoms with Crippen LogP contribution in [0.2, 0.25) is 5.02 Å². The van der Waals surface area contributed by atoms with Crippen LogP contribution >= 0.6 is 11.6 Å². The van der Waals surface area contributed by atoms with E-state index in [0.717, 1.165) is 28.0 Å². The fourth-order valence-electron chi connectivity index (χ4n) is 2.41. The van der Waals surface area contributed by atoms with Gasteiger partial charge in [0.15, 0.2) is 0 Å². The average Bonchev–Trinajstić information content (AvgIpc) is 2.79. The van der Waals surface area contributed by atoms with Gasteiger partial charge in [0.05, 0.1) is 22.8 Å². The number of aryl methyl sites for hydroxylation is 1. The monoisotopic (exact) mass is 301 g/mol. The first-order valence-electron chi connectivity index (χ1n) is 6.78. The number of rotatable bonds is 3. The van der Waals surface area contributed by atoms with Crippen molar-refractivity contribution in [2.45, 2.75) is 13.8 Å². The van der Waals surface area contributed by atoms with Gasteiger partial charge in [-0.3, -0.25) is 4.57 Å². The van der Waals surface area contributed by atoms with E-state index < -0.39 is 0 Å². The molecule has 0 unspecified atom stereocenters. The summed E-state index contributed by atoms with van der Waals surface area (Å²) in [7, 11) is 0. The molecule has 4 nitrogen and oxygen atoms in total. The number of aromatic nitrogens is 2. The van der Waals surface area contributed by atoms with Gasteiger partial charge in [-0.1, -0.05) is 23.7 Å². The molecule has 2 aromatic carbocycles. The quantitative estimate of drug-likeness (QED) is 0.796. The number of benzene rings is 2. The van der Waals surface area contributed by atoms with Gasteiger partial charge in [-0.25, -0.2) is 4.98 Å². The summed E-state index contributed by atoms with van der Waals surface area (Å²) in [5, 5.41) is 0.633. The minimum Gasteiger partial charge on any atom is -0.492 e. The van der Waals surface area contributed by atoms with E-state index in [1.807, 2.05) is 54.8 Å². The summed E-state index contributed by atoms with van der Waals surface area (Å²) in [6, 6.07) is 11.6. The van der Waals surface area contributed by atoms with Crippen molar-refractivity contribution >= 4 is 28.6 Å². The first-order valence-corrected chi connectivity index (χ1v) is 7.16. The molecule has 0 aliphatic rings. The number of fused-ring (bicyclic) bond motifs is 1. The van der Waals surface area contributed by atoms with E-state index in [2.05, 4.69) is 4.98 Å². The topological polar surface area (TPSA) is 53.1 Å². The fourth-order valence-corrected chi connectivity index (χ4v) is 2.61. The van der Waals surface area contributed by atoms with Crippen LogP contribution in [0.1, 0.15) is 12.5 Å². The predicted octanol–water partition coefficient (Wildman–Crippen LogP) is 3.97. The minimum atomic E-state index is 0.393. The molecule has 1 aromatic heterocycles. The summed E-state index contributed by atoms with van der Waals surface area (Å²) in [6.07, 6.45) is 0. The molecular weight excluding hydrogens is 286 g/mol. The summed E-state index contributed by atoms with van der Waals surface area (Å²) < 4.78 is 7.47. The van der Waals surface area contributed by atoms with E-state index in [9.17, 15) is 0 Å². The first kappa shape index (κ1) is 13.8. The molecular formula is C16H16ClN3O. The van der Waals surface area contributed by atoms with Crippen LogP contribution in [0.15, 0.2) is 36.4 Å². The van der Waals surface area contributed by atoms with Gasteiger partial charge in [0, 0.05) is 0 Å². The number of para-hydroxylation sites is 1. The molecule has 0 bridgehead atoms. The van der Waals surface area contributed by atoms with Crippen molar-refractivity contribution in [1.29, 1.82) is 0 Å². The van der Waals surface area contributed by atoms with Crippen molar-refractivity contribution in [3.05, 3.63) is 47.0 Å². The number of halogens is 1. The molecule has 0 aliphatic carbocycles. The molecule has 0 amide bonds. The Hall–Kier alpha value is -2.20. The number of imidazole rings is 1. The van der Waals surface area contributed by atoms with Gasteiger partial charge in [-0.15, -0.1) is 0 Å². The van der Waals surface area contributed by atoms with Crippen LogP contribution in [0.3, 0.4) is 0 Å². The van der Waals surface area contributed by atoms with Crippen LogP contribution in [0.5, 0.6) is 5.75 Å². The lowest BCUT2D eigenvalue weighted by atomic mass is 10.2. The number of hydrogen-bond acceptors (Lipinski definition) is 3. The number of hydrogen-bond donors (Lipinski definition) is 1. The maximum atomic E-state index is 6.33. The maximum absolute atomic E-state index is 6.33. The lowest BCUT2D eigenvalue weighted by Gasteiger charge is -2.10. The molecule has 0 saturated heterocycles. The minimum absolute atomic E-state index is 0.393. The fraction of sp³-hybridized carbons (Fsp3) is 0.188. The summed E-state index contributed by atoms with van der Waals surface area (Å²) in [6.45, 7) is 4.54. The first-order chi connectivity index (χ1) is 10.1. The van der Waals surface area contributed by atoms with Gasteiger partial charge < -0.3 is 10.5 Å². The second kappa shape index (κ2) is 5.30. The Morgan fingerprint density at radius 1 is 1.29 bits per heavy atom. The van der Waals surface area contributed by atoms with Crippen LogP contribution in [0.25, 0.3) is 16.7 Å². The zero-order valence-corrected chi connectivity index (χ0v) is 12.7. The molecule has 0 fully saturated rings. The highest BCUT2D eigenvalue weighted by Gasteiger charge is 2.15. The highest BCUT2D eigenvalue weighted by molar-refractivity contribution is 6.32. The smallest absolute Gasteiger partial charge is 0.206 e. The number of ether oxygens (including phenoxy) is 1. The molecule has 108 valence electrons. The van der Waals surface area contributed by atoms with E-state index in [4.69, 9.17) is 22.1 Å². The van der Waals surface area contributed by atoms with Crippen LogP contribution in [-0.2, 0) is 0 Å². The average molecular weight is 302 g/mol. The second-order valence-electron chi connectivity index (χ2n) is 4.82. The van der Waals surface area contributed by atoms with Crippen molar-refractivity contribution in [3.8, 4) is 11.4 Å². The molecule has 2 N–H and O–H groups in total. The lowest BCUT2D eigenvalue weighted by Crippen LogP contribution is -2.01. The Labute approximate surface area is 128 Å². The molecule has 0 aliphatic heterocycles. The Kier molecular flexibility index (Phi) is 3.47. The van der Waals surface area contributed by atoms with E-state index in [1.54, 1.807) is 0 Å². The number of nitrogens with zero attached hydrogens (tertiary/aromatic N) is 2. The molecule has 21 heavy (non-hydrogen) atoms. The predicted molar refractivity (Wildman–Crippen MR) is 86.4 cm³/mol. The van der Waals surface area contributed by atoms with Crippen molar-refractivity contribution in [2.24, 2.45) is 0 Å². The zero-order valence-electron chi connectivity index (χ0n) is 11.9. The molecule has 5 heteroatoms. The Morgan fingerprint density at radius 2 is 2.10 bits per heavy atom. The van der Waals surface area contributed by atoms with Gasteiger partial charge in [0.1, 0.15) is 11.3 Å². The van der Waals surface area contributed by atoms with E-state index in [1.165, 1.54) is 0 Å². The lowest BCUT2D eigenvalue weighted by molar-refractivity contribution is 0.344. The van der Waals surface area contributed by atoms with Gasteiger partial charge in [-0.2, -0.15) is 0 Å². The molecule has 0 saturated carbocycles. The molecule has 0 atom stereocenters. The van der Waals surface area contributed by atoms with Crippen molar-refractivity contribution in [2.75, 3.05) is 12.3 Å². The standard InChI is InChI=1S/C16H16ClN3O/c1-3-21-14-6-4-5-12-15(14)19-16(18)20(12)13-9-10(2)7-8-11(13)17/h4-9H,3H2,1-2H3,(H2,18,19). The Balaban J connectivity index is 2.30. The van der Waals surface area contributed by atoms with Crippen molar-refractivity contribution < 1.29 is 4.74 Å². The van der Waals surface area contributed by atoms with E-state index >= 15 is 0 Å². The molecule has 3 rings (SSSR count). The van der Waals surface area contributed by atoms with Gasteiger partial charge in [0.25, 0.3) is 0 Å². The van der Waals surface area contributed by atoms with Gasteiger partial charge in [-0.05, 0) is 43.7 Å². The number of anilines is 1. The highest BCUT2D eigenvalue weighted by atomic mass is 35.5. The number of nitrogen functional groups attached to an aromatic ring is 1. The second-order valence-corrected chi connectivity index (χ2v) is 5.22. The zero-order chi connectivity index (χ0) is 15.0. The third-order valence-electron chi connectivity index (χ3n) is 3.32. The molecule has 0 spiro atoms. The Bertz CT molecular complexity index is 811. The third-order valence-corrected chi connectivity index (χ3v) is 3.64. The van der Waals surface area contributed by atoms with E-state index in [-0.39, 0.29) is 0 Å². The van der Waals surface area contributed by atoms with Crippen molar-refractivity contribution in [1.82, 2.24) is 9.55 Å². The summed E-state index contributed by atoms with van der Waals surface area (Å²) in [5.74, 6) is 1.12. The number of nitrogens with two attached hydrogens (primary N) is 1. The summed E-state index contributed by atoms with van der Waals surface area (Å²) in [5.41, 5.74) is 9.66. The third kappa shape index (κ3) is 2.32. The van der Waals surface area contributed by atoms with Crippen LogP contribution in [-0.4, -0.2) is 16.2 Å².